The number of hydrogen-bond donors (Lipinski definition) is 0. The van der Waals surface area contributed by atoms with Gasteiger partial charge in [0.1, 0.15) is 6.61 Å². The zero-order valence-electron chi connectivity index (χ0n) is 24.7. The number of methoxy groups -OCH3 is 1. The monoisotopic (exact) mass is 623 g/mol. The molecule has 12 heteroatoms. The van der Waals surface area contributed by atoms with Crippen molar-refractivity contribution in [3.05, 3.63) is 93.5 Å². The fraction of sp³-hybridized carbons (Fsp3) is 0.375. The molecule has 0 aromatic heterocycles. The number of carbonyl (C=O) groups excluding carboxylic acids is 2. The first-order chi connectivity index (χ1) is 20.4. The van der Waals surface area contributed by atoms with Crippen molar-refractivity contribution < 1.29 is 50.1 Å². The van der Waals surface area contributed by atoms with Gasteiger partial charge in [0.2, 0.25) is 0 Å². The summed E-state index contributed by atoms with van der Waals surface area (Å²) < 4.78 is 106. The SMILES string of the molecule is COC(=O)[C@@H](OC(C)(C)C)c1c(-c2ccc(C)cc2)c(C(F)(F)F)c2c(c1C(F)(F)F)CN(C(=O)OCc1ccccc1)C2. The Bertz CT molecular complexity index is 1530. The summed E-state index contributed by atoms with van der Waals surface area (Å²) in [4.78, 5) is 26.9. The lowest BCUT2D eigenvalue weighted by Gasteiger charge is -2.32. The zero-order valence-corrected chi connectivity index (χ0v) is 24.7. The predicted octanol–water partition coefficient (Wildman–Crippen LogP) is 8.38. The van der Waals surface area contributed by atoms with Crippen LogP contribution in [0.1, 0.15) is 65.8 Å². The number of alkyl halides is 6. The van der Waals surface area contributed by atoms with Crippen LogP contribution in [0.15, 0.2) is 54.6 Å². The molecule has 0 N–H and O–H groups in total. The molecule has 1 amide bonds. The summed E-state index contributed by atoms with van der Waals surface area (Å²) in [5, 5.41) is 0. The van der Waals surface area contributed by atoms with Crippen LogP contribution in [0, 0.1) is 6.92 Å². The lowest BCUT2D eigenvalue weighted by Crippen LogP contribution is -2.32. The Morgan fingerprint density at radius 2 is 1.39 bits per heavy atom. The van der Waals surface area contributed by atoms with E-state index in [1.165, 1.54) is 45.0 Å². The Morgan fingerprint density at radius 3 is 1.89 bits per heavy atom. The molecule has 0 radical (unpaired) electrons. The van der Waals surface area contributed by atoms with Crippen LogP contribution in [0.25, 0.3) is 11.1 Å². The molecule has 1 aliphatic rings. The van der Waals surface area contributed by atoms with Gasteiger partial charge in [-0.05, 0) is 49.9 Å². The molecule has 44 heavy (non-hydrogen) atoms. The highest BCUT2D eigenvalue weighted by Crippen LogP contribution is 2.53. The molecule has 0 spiro atoms. The van der Waals surface area contributed by atoms with E-state index >= 15 is 26.3 Å². The van der Waals surface area contributed by atoms with E-state index < -0.39 is 82.6 Å². The average molecular weight is 624 g/mol. The van der Waals surface area contributed by atoms with Crippen molar-refractivity contribution in [1.29, 1.82) is 0 Å². The Balaban J connectivity index is 2.03. The number of carbonyl (C=O) groups is 2. The van der Waals surface area contributed by atoms with Crippen LogP contribution in [0.3, 0.4) is 0 Å². The van der Waals surface area contributed by atoms with Crippen molar-refractivity contribution in [3.63, 3.8) is 0 Å². The van der Waals surface area contributed by atoms with E-state index in [-0.39, 0.29) is 12.2 Å². The average Bonchev–Trinajstić information content (AvgIpc) is 3.36. The van der Waals surface area contributed by atoms with Crippen molar-refractivity contribution in [2.45, 2.75) is 71.4 Å². The number of ether oxygens (including phenoxy) is 3. The first kappa shape index (κ1) is 32.8. The molecule has 0 fully saturated rings. The number of nitrogens with zero attached hydrogens (tertiary/aromatic N) is 1. The van der Waals surface area contributed by atoms with Gasteiger partial charge in [0.15, 0.2) is 6.10 Å². The Hall–Kier alpha value is -4.06. The molecule has 0 aliphatic carbocycles. The Kier molecular flexibility index (Phi) is 9.06. The van der Waals surface area contributed by atoms with E-state index in [9.17, 15) is 9.59 Å². The molecule has 0 bridgehead atoms. The summed E-state index contributed by atoms with van der Waals surface area (Å²) in [5.41, 5.74) is -6.61. The Morgan fingerprint density at radius 1 is 0.841 bits per heavy atom. The van der Waals surface area contributed by atoms with E-state index in [1.807, 2.05) is 0 Å². The van der Waals surface area contributed by atoms with E-state index in [4.69, 9.17) is 14.2 Å². The zero-order chi connectivity index (χ0) is 32.6. The molecule has 0 saturated carbocycles. The van der Waals surface area contributed by atoms with Gasteiger partial charge in [-0.1, -0.05) is 60.2 Å². The maximum Gasteiger partial charge on any atom is 0.417 e. The molecule has 1 aliphatic heterocycles. The van der Waals surface area contributed by atoms with Crippen LogP contribution in [-0.4, -0.2) is 29.7 Å². The fourth-order valence-corrected chi connectivity index (χ4v) is 5.21. The van der Waals surface area contributed by atoms with Crippen LogP contribution < -0.4 is 0 Å². The van der Waals surface area contributed by atoms with Gasteiger partial charge in [-0.25, -0.2) is 9.59 Å². The standard InChI is InChI=1S/C32H31F6NO5/c1-18-11-13-20(14-12-18)23-24(27(28(40)42-5)44-30(2,3)4)26(32(36,37)38)22-16-39(15-21(22)25(23)31(33,34)35)29(41)43-17-19-9-7-6-8-10-19/h6-14,27H,15-17H2,1-5H3/t27-/m0/s1. The van der Waals surface area contributed by atoms with Crippen molar-refractivity contribution in [2.75, 3.05) is 7.11 Å². The van der Waals surface area contributed by atoms with Crippen molar-refractivity contribution in [3.8, 4) is 11.1 Å². The third-order valence-electron chi connectivity index (χ3n) is 6.97. The van der Waals surface area contributed by atoms with Gasteiger partial charge in [0.05, 0.1) is 36.9 Å². The molecule has 3 aromatic rings. The van der Waals surface area contributed by atoms with Crippen LogP contribution >= 0.6 is 0 Å². The second kappa shape index (κ2) is 12.1. The summed E-state index contributed by atoms with van der Waals surface area (Å²) in [5.74, 6) is -1.32. The molecule has 6 nitrogen and oxygen atoms in total. The smallest absolute Gasteiger partial charge is 0.417 e. The van der Waals surface area contributed by atoms with Crippen LogP contribution in [0.2, 0.25) is 0 Å². The van der Waals surface area contributed by atoms with Gasteiger partial charge >= 0.3 is 24.4 Å². The topological polar surface area (TPSA) is 65.1 Å². The highest BCUT2D eigenvalue weighted by molar-refractivity contribution is 5.86. The Labute approximate surface area is 250 Å². The summed E-state index contributed by atoms with van der Waals surface area (Å²) in [6.45, 7) is 4.12. The highest BCUT2D eigenvalue weighted by Gasteiger charge is 2.51. The first-order valence-electron chi connectivity index (χ1n) is 13.6. The second-order valence-corrected chi connectivity index (χ2v) is 11.4. The maximum absolute atomic E-state index is 15.1. The van der Waals surface area contributed by atoms with Crippen LogP contribution in [0.4, 0.5) is 31.1 Å². The summed E-state index contributed by atoms with van der Waals surface area (Å²) in [6, 6.07) is 13.8. The molecule has 4 rings (SSSR count). The highest BCUT2D eigenvalue weighted by atomic mass is 19.4. The molecule has 236 valence electrons. The molecule has 3 aromatic carbocycles. The predicted molar refractivity (Wildman–Crippen MR) is 148 cm³/mol. The number of aryl methyl sites for hydroxylation is 1. The molecule has 0 unspecified atom stereocenters. The van der Waals surface area contributed by atoms with Gasteiger partial charge in [0, 0.05) is 11.1 Å². The quantitative estimate of drug-likeness (QED) is 0.204. The number of amides is 1. The van der Waals surface area contributed by atoms with Gasteiger partial charge in [-0.3, -0.25) is 4.90 Å². The lowest BCUT2D eigenvalue weighted by molar-refractivity contribution is -0.166. The molecular weight excluding hydrogens is 592 g/mol. The van der Waals surface area contributed by atoms with E-state index in [0.29, 0.717) is 11.1 Å². The minimum absolute atomic E-state index is 0.220. The van der Waals surface area contributed by atoms with Gasteiger partial charge < -0.3 is 14.2 Å². The molecule has 1 heterocycles. The summed E-state index contributed by atoms with van der Waals surface area (Å²) in [6.07, 6.45) is -13.8. The third kappa shape index (κ3) is 7.01. The largest absolute Gasteiger partial charge is 0.467 e. The first-order valence-corrected chi connectivity index (χ1v) is 13.6. The van der Waals surface area contributed by atoms with E-state index in [0.717, 1.165) is 12.0 Å². The van der Waals surface area contributed by atoms with E-state index in [1.54, 1.807) is 37.3 Å². The number of benzene rings is 3. The lowest BCUT2D eigenvalue weighted by atomic mass is 9.81. The minimum Gasteiger partial charge on any atom is -0.467 e. The molecular formula is C32H31F6NO5. The summed E-state index contributed by atoms with van der Waals surface area (Å²) in [7, 11) is 0.905. The number of esters is 1. The molecule has 0 saturated heterocycles. The van der Waals surface area contributed by atoms with Crippen molar-refractivity contribution in [1.82, 2.24) is 4.90 Å². The van der Waals surface area contributed by atoms with Crippen LogP contribution in [0.5, 0.6) is 0 Å². The minimum atomic E-state index is -5.26. The fourth-order valence-electron chi connectivity index (χ4n) is 5.21. The van der Waals surface area contributed by atoms with E-state index in [2.05, 4.69) is 0 Å². The van der Waals surface area contributed by atoms with Gasteiger partial charge in [-0.2, -0.15) is 26.3 Å². The number of rotatable bonds is 6. The van der Waals surface area contributed by atoms with Crippen molar-refractivity contribution >= 4 is 12.1 Å². The summed E-state index contributed by atoms with van der Waals surface area (Å²) >= 11 is 0. The number of halogens is 6. The number of hydrogen-bond acceptors (Lipinski definition) is 5. The van der Waals surface area contributed by atoms with Crippen LogP contribution in [-0.2, 0) is 51.1 Å². The number of fused-ring (bicyclic) bond motifs is 1. The normalized spacial score (nSPS) is 14.3. The van der Waals surface area contributed by atoms with Gasteiger partial charge in [0.25, 0.3) is 0 Å². The van der Waals surface area contributed by atoms with Gasteiger partial charge in [-0.15, -0.1) is 0 Å². The van der Waals surface area contributed by atoms with Crippen molar-refractivity contribution in [2.24, 2.45) is 0 Å². The molecule has 1 atom stereocenters. The second-order valence-electron chi connectivity index (χ2n) is 11.4. The maximum atomic E-state index is 15.1. The third-order valence-corrected chi connectivity index (χ3v) is 6.97.